The van der Waals surface area contributed by atoms with Gasteiger partial charge in [0.15, 0.2) is 0 Å². The molecule has 0 aliphatic rings. The van der Waals surface area contributed by atoms with E-state index in [1.54, 1.807) is 33.6 Å². The predicted molar refractivity (Wildman–Crippen MR) is 93.3 cm³/mol. The molecule has 4 rings (SSSR count). The molecule has 0 unspecified atom stereocenters. The van der Waals surface area contributed by atoms with Crippen LogP contribution in [0.4, 0.5) is 0 Å². The first-order valence-electron chi connectivity index (χ1n) is 7.28. The van der Waals surface area contributed by atoms with E-state index in [-0.39, 0.29) is 5.91 Å². The van der Waals surface area contributed by atoms with Gasteiger partial charge in [0.1, 0.15) is 16.4 Å². The molecule has 0 aromatic carbocycles. The third-order valence-corrected chi connectivity index (χ3v) is 5.24. The molecule has 1 N–H and O–H groups in total. The van der Waals surface area contributed by atoms with Crippen LogP contribution >= 0.6 is 22.7 Å². The fraction of sp³-hybridized carbons (Fsp3) is 0.200. The minimum absolute atomic E-state index is 0.173. The Morgan fingerprint density at radius 1 is 1.38 bits per heavy atom. The Hall–Kier alpha value is -2.52. The van der Waals surface area contributed by atoms with Gasteiger partial charge < -0.3 is 5.32 Å². The van der Waals surface area contributed by atoms with Crippen molar-refractivity contribution in [3.8, 4) is 10.6 Å². The standard InChI is InChI=1S/C15H14N6OS2/c1-9-18-21-8-10(17-15(21)24-9)7-16-14(22)12-6-11(19-20(12)2)13-4-3-5-23-13/h3-6,8H,7H2,1-2H3,(H,16,22). The minimum atomic E-state index is -0.173. The number of nitrogens with zero attached hydrogens (tertiary/aromatic N) is 5. The van der Waals surface area contributed by atoms with E-state index in [9.17, 15) is 4.79 Å². The van der Waals surface area contributed by atoms with Crippen LogP contribution in [-0.2, 0) is 13.6 Å². The van der Waals surface area contributed by atoms with Gasteiger partial charge in [-0.05, 0) is 24.4 Å². The van der Waals surface area contributed by atoms with E-state index >= 15 is 0 Å². The van der Waals surface area contributed by atoms with Gasteiger partial charge in [-0.25, -0.2) is 9.50 Å². The number of fused-ring (bicyclic) bond motifs is 1. The molecule has 0 atom stereocenters. The molecule has 0 aliphatic heterocycles. The van der Waals surface area contributed by atoms with Gasteiger partial charge in [-0.2, -0.15) is 10.2 Å². The molecule has 1 amide bonds. The third-order valence-electron chi connectivity index (χ3n) is 3.51. The van der Waals surface area contributed by atoms with Crippen molar-refractivity contribution in [2.45, 2.75) is 13.5 Å². The van der Waals surface area contributed by atoms with Crippen molar-refractivity contribution in [3.05, 3.63) is 46.2 Å². The highest BCUT2D eigenvalue weighted by molar-refractivity contribution is 7.16. The lowest BCUT2D eigenvalue weighted by Gasteiger charge is -2.02. The molecule has 0 aliphatic carbocycles. The van der Waals surface area contributed by atoms with Gasteiger partial charge in [-0.3, -0.25) is 9.48 Å². The average Bonchev–Trinajstić information content (AvgIpc) is 3.27. The summed E-state index contributed by atoms with van der Waals surface area (Å²) in [5, 5.41) is 14.6. The summed E-state index contributed by atoms with van der Waals surface area (Å²) in [6.45, 7) is 2.29. The number of hydrogen-bond donors (Lipinski definition) is 1. The lowest BCUT2D eigenvalue weighted by Crippen LogP contribution is -2.25. The highest BCUT2D eigenvalue weighted by Crippen LogP contribution is 2.23. The van der Waals surface area contributed by atoms with Gasteiger partial charge >= 0.3 is 0 Å². The minimum Gasteiger partial charge on any atom is -0.345 e. The molecule has 0 spiro atoms. The molecule has 0 saturated carbocycles. The van der Waals surface area contributed by atoms with Gasteiger partial charge in [0.05, 0.1) is 23.3 Å². The van der Waals surface area contributed by atoms with E-state index in [1.165, 1.54) is 11.3 Å². The summed E-state index contributed by atoms with van der Waals surface area (Å²) in [5.41, 5.74) is 2.11. The molecule has 4 heterocycles. The molecule has 4 aromatic heterocycles. The maximum Gasteiger partial charge on any atom is 0.269 e. The zero-order valence-electron chi connectivity index (χ0n) is 13.1. The summed E-state index contributed by atoms with van der Waals surface area (Å²) in [4.78, 5) is 18.7. The lowest BCUT2D eigenvalue weighted by atomic mass is 10.3. The first kappa shape index (κ1) is 15.0. The Labute approximate surface area is 145 Å². The molecule has 0 saturated heterocycles. The summed E-state index contributed by atoms with van der Waals surface area (Å²) >= 11 is 3.12. The highest BCUT2D eigenvalue weighted by Gasteiger charge is 2.15. The Kier molecular flexibility index (Phi) is 3.66. The number of aromatic nitrogens is 5. The van der Waals surface area contributed by atoms with E-state index in [0.29, 0.717) is 12.2 Å². The molecule has 122 valence electrons. The number of hydrogen-bond acceptors (Lipinski definition) is 6. The van der Waals surface area contributed by atoms with E-state index in [2.05, 4.69) is 20.5 Å². The Morgan fingerprint density at radius 2 is 2.25 bits per heavy atom. The summed E-state index contributed by atoms with van der Waals surface area (Å²) in [7, 11) is 1.77. The van der Waals surface area contributed by atoms with Crippen molar-refractivity contribution in [2.75, 3.05) is 0 Å². The molecule has 9 heteroatoms. The normalized spacial score (nSPS) is 11.2. The summed E-state index contributed by atoms with van der Waals surface area (Å²) in [6, 6.07) is 5.76. The monoisotopic (exact) mass is 358 g/mol. The number of amides is 1. The predicted octanol–water partition coefficient (Wildman–Crippen LogP) is 2.49. The van der Waals surface area contributed by atoms with Crippen LogP contribution in [0.3, 0.4) is 0 Å². The molecule has 0 radical (unpaired) electrons. The Balaban J connectivity index is 1.48. The van der Waals surface area contributed by atoms with Crippen LogP contribution in [0.15, 0.2) is 29.8 Å². The summed E-state index contributed by atoms with van der Waals surface area (Å²) < 4.78 is 3.33. The van der Waals surface area contributed by atoms with Gasteiger partial charge in [0.2, 0.25) is 4.96 Å². The molecule has 0 fully saturated rings. The largest absolute Gasteiger partial charge is 0.345 e. The quantitative estimate of drug-likeness (QED) is 0.608. The first-order chi connectivity index (χ1) is 11.6. The molecule has 0 bridgehead atoms. The first-order valence-corrected chi connectivity index (χ1v) is 8.97. The van der Waals surface area contributed by atoms with E-state index < -0.39 is 0 Å². The fourth-order valence-electron chi connectivity index (χ4n) is 2.42. The number of nitrogens with one attached hydrogen (secondary N) is 1. The maximum atomic E-state index is 12.4. The van der Waals surface area contributed by atoms with Crippen molar-refractivity contribution in [2.24, 2.45) is 7.05 Å². The van der Waals surface area contributed by atoms with Crippen molar-refractivity contribution in [1.82, 2.24) is 29.7 Å². The zero-order chi connectivity index (χ0) is 16.7. The SMILES string of the molecule is Cc1nn2cc(CNC(=O)c3cc(-c4cccs4)nn3C)nc2s1. The molecular formula is C15H14N6OS2. The third kappa shape index (κ3) is 2.72. The van der Waals surface area contributed by atoms with Crippen LogP contribution in [0.1, 0.15) is 21.2 Å². The molecule has 7 nitrogen and oxygen atoms in total. The average molecular weight is 358 g/mol. The zero-order valence-corrected chi connectivity index (χ0v) is 14.7. The van der Waals surface area contributed by atoms with Gasteiger partial charge in [0.25, 0.3) is 5.91 Å². The number of thiophene rings is 1. The number of carbonyl (C=O) groups excluding carboxylic acids is 1. The van der Waals surface area contributed by atoms with Crippen molar-refractivity contribution in [1.29, 1.82) is 0 Å². The highest BCUT2D eigenvalue weighted by atomic mass is 32.1. The Morgan fingerprint density at radius 3 is 3.00 bits per heavy atom. The van der Waals surface area contributed by atoms with Crippen LogP contribution in [0.5, 0.6) is 0 Å². The summed E-state index contributed by atoms with van der Waals surface area (Å²) in [6.07, 6.45) is 1.83. The second kappa shape index (κ2) is 5.84. The van der Waals surface area contributed by atoms with Crippen LogP contribution in [0, 0.1) is 6.92 Å². The number of carbonyl (C=O) groups is 1. The number of rotatable bonds is 4. The van der Waals surface area contributed by atoms with E-state index in [4.69, 9.17) is 0 Å². The topological polar surface area (TPSA) is 77.1 Å². The molecule has 4 aromatic rings. The van der Waals surface area contributed by atoms with Crippen LogP contribution < -0.4 is 5.32 Å². The lowest BCUT2D eigenvalue weighted by molar-refractivity contribution is 0.0941. The van der Waals surface area contributed by atoms with Crippen LogP contribution in [-0.4, -0.2) is 30.3 Å². The summed E-state index contributed by atoms with van der Waals surface area (Å²) in [5.74, 6) is -0.173. The molecule has 24 heavy (non-hydrogen) atoms. The van der Waals surface area contributed by atoms with E-state index in [1.807, 2.05) is 30.6 Å². The van der Waals surface area contributed by atoms with Crippen molar-refractivity contribution >= 4 is 33.5 Å². The van der Waals surface area contributed by atoms with Crippen molar-refractivity contribution < 1.29 is 4.79 Å². The van der Waals surface area contributed by atoms with Gasteiger partial charge in [-0.1, -0.05) is 17.4 Å². The van der Waals surface area contributed by atoms with Gasteiger partial charge in [-0.15, -0.1) is 11.3 Å². The fourth-order valence-corrected chi connectivity index (χ4v) is 3.84. The molecular weight excluding hydrogens is 344 g/mol. The Bertz CT molecular complexity index is 979. The van der Waals surface area contributed by atoms with Crippen LogP contribution in [0.2, 0.25) is 0 Å². The van der Waals surface area contributed by atoms with E-state index in [0.717, 1.165) is 26.2 Å². The second-order valence-corrected chi connectivity index (χ2v) is 7.39. The van der Waals surface area contributed by atoms with Crippen molar-refractivity contribution in [3.63, 3.8) is 0 Å². The number of aryl methyl sites for hydroxylation is 2. The number of imidazole rings is 1. The van der Waals surface area contributed by atoms with Gasteiger partial charge in [0, 0.05) is 7.05 Å². The smallest absolute Gasteiger partial charge is 0.269 e. The second-order valence-electron chi connectivity index (χ2n) is 5.28. The maximum absolute atomic E-state index is 12.4. The van der Waals surface area contributed by atoms with Crippen LogP contribution in [0.25, 0.3) is 15.5 Å².